The average molecular weight is 520 g/mol. The van der Waals surface area contributed by atoms with E-state index in [-0.39, 0.29) is 17.9 Å². The molecule has 0 aliphatic heterocycles. The predicted octanol–water partition coefficient (Wildman–Crippen LogP) is 5.59. The normalized spacial score (nSPS) is 10.9. The molecule has 3 rings (SSSR count). The molecule has 1 amide bonds. The molecule has 0 bridgehead atoms. The third-order valence-electron chi connectivity index (χ3n) is 4.92. The molecule has 0 heterocycles. The minimum atomic E-state index is -0.452. The molecule has 172 valence electrons. The molecule has 0 saturated carbocycles. The molecular formula is C26H22BrN3O4. The summed E-state index contributed by atoms with van der Waals surface area (Å²) in [5.41, 5.74) is 2.54. The van der Waals surface area contributed by atoms with Crippen molar-refractivity contribution in [1.82, 2.24) is 5.32 Å². The number of nitrogens with zero attached hydrogens (tertiary/aromatic N) is 2. The minimum absolute atomic E-state index is 0.00280. The summed E-state index contributed by atoms with van der Waals surface area (Å²) in [5, 5.41) is 23.1. The number of nitrogens with one attached hydrogen (secondary N) is 1. The maximum atomic E-state index is 12.4. The molecule has 0 atom stereocenters. The lowest BCUT2D eigenvalue weighted by atomic mass is 10.1. The highest BCUT2D eigenvalue weighted by molar-refractivity contribution is 9.10. The van der Waals surface area contributed by atoms with Gasteiger partial charge in [-0.05, 0) is 63.7 Å². The third-order valence-corrected chi connectivity index (χ3v) is 5.54. The summed E-state index contributed by atoms with van der Waals surface area (Å²) in [7, 11) is 0. The number of nitro groups is 1. The van der Waals surface area contributed by atoms with E-state index in [1.54, 1.807) is 30.3 Å². The van der Waals surface area contributed by atoms with E-state index >= 15 is 0 Å². The van der Waals surface area contributed by atoms with Crippen molar-refractivity contribution in [2.24, 2.45) is 0 Å². The van der Waals surface area contributed by atoms with Gasteiger partial charge in [0, 0.05) is 18.7 Å². The van der Waals surface area contributed by atoms with Crippen LogP contribution in [0.3, 0.4) is 0 Å². The molecule has 0 fully saturated rings. The van der Waals surface area contributed by atoms with Crippen LogP contribution >= 0.6 is 15.9 Å². The topological polar surface area (TPSA) is 105 Å². The first-order valence-electron chi connectivity index (χ1n) is 10.6. The monoisotopic (exact) mass is 519 g/mol. The number of hydrogen-bond acceptors (Lipinski definition) is 5. The Balaban J connectivity index is 1.57. The molecule has 0 saturated heterocycles. The quantitative estimate of drug-likeness (QED) is 0.123. The summed E-state index contributed by atoms with van der Waals surface area (Å²) in [4.78, 5) is 22.9. The number of halogens is 1. The van der Waals surface area contributed by atoms with Gasteiger partial charge in [-0.25, -0.2) is 0 Å². The van der Waals surface area contributed by atoms with Gasteiger partial charge in [-0.3, -0.25) is 14.9 Å². The Morgan fingerprint density at radius 1 is 1.09 bits per heavy atom. The van der Waals surface area contributed by atoms with E-state index in [1.807, 2.05) is 36.4 Å². The fraction of sp³-hybridized carbons (Fsp3) is 0.154. The van der Waals surface area contributed by atoms with Gasteiger partial charge in [0.2, 0.25) is 0 Å². The summed E-state index contributed by atoms with van der Waals surface area (Å²) in [6, 6.07) is 23.4. The first-order valence-corrected chi connectivity index (χ1v) is 11.3. The SMILES string of the molecule is N#C/C(=C/c1ccc(OCc2cccc([N+](=O)[O-])c2)c(Br)c1)C(=O)NCCCc1ccccc1. The third kappa shape index (κ3) is 7.29. The largest absolute Gasteiger partial charge is 0.488 e. The zero-order chi connectivity index (χ0) is 24.3. The van der Waals surface area contributed by atoms with Gasteiger partial charge in [-0.15, -0.1) is 0 Å². The van der Waals surface area contributed by atoms with Crippen LogP contribution in [0.15, 0.2) is 82.8 Å². The lowest BCUT2D eigenvalue weighted by Gasteiger charge is -2.09. The molecule has 7 nitrogen and oxygen atoms in total. The highest BCUT2D eigenvalue weighted by atomic mass is 79.9. The molecule has 3 aromatic carbocycles. The second kappa shape index (κ2) is 12.3. The molecule has 34 heavy (non-hydrogen) atoms. The van der Waals surface area contributed by atoms with E-state index in [0.29, 0.717) is 27.9 Å². The molecule has 1 N–H and O–H groups in total. The van der Waals surface area contributed by atoms with Gasteiger partial charge in [0.15, 0.2) is 0 Å². The second-order valence-corrected chi connectivity index (χ2v) is 8.27. The van der Waals surface area contributed by atoms with Crippen LogP contribution in [0.25, 0.3) is 6.08 Å². The number of rotatable bonds is 10. The fourth-order valence-electron chi connectivity index (χ4n) is 3.19. The van der Waals surface area contributed by atoms with Crippen LogP contribution in [0, 0.1) is 21.4 Å². The Hall–Kier alpha value is -3.96. The van der Waals surface area contributed by atoms with Crippen LogP contribution in [0.5, 0.6) is 5.75 Å². The Bertz CT molecular complexity index is 1240. The number of nitriles is 1. The molecule has 0 aromatic heterocycles. The van der Waals surface area contributed by atoms with Crippen molar-refractivity contribution in [2.45, 2.75) is 19.4 Å². The van der Waals surface area contributed by atoms with Crippen molar-refractivity contribution in [3.63, 3.8) is 0 Å². The van der Waals surface area contributed by atoms with Crippen LogP contribution in [-0.4, -0.2) is 17.4 Å². The Kier molecular flexibility index (Phi) is 8.95. The predicted molar refractivity (Wildman–Crippen MR) is 133 cm³/mol. The van der Waals surface area contributed by atoms with Gasteiger partial charge in [0.05, 0.1) is 9.40 Å². The summed E-state index contributed by atoms with van der Waals surface area (Å²) < 4.78 is 6.39. The summed E-state index contributed by atoms with van der Waals surface area (Å²) in [6.45, 7) is 0.630. The minimum Gasteiger partial charge on any atom is -0.488 e. The zero-order valence-corrected chi connectivity index (χ0v) is 19.8. The number of amides is 1. The number of non-ortho nitro benzene ring substituents is 1. The molecule has 0 radical (unpaired) electrons. The highest BCUT2D eigenvalue weighted by Crippen LogP contribution is 2.28. The summed E-state index contributed by atoms with van der Waals surface area (Å²) in [6.07, 6.45) is 3.13. The number of nitro benzene ring substituents is 1. The molecule has 8 heteroatoms. The Morgan fingerprint density at radius 2 is 1.85 bits per heavy atom. The van der Waals surface area contributed by atoms with Gasteiger partial charge < -0.3 is 10.1 Å². The van der Waals surface area contributed by atoms with Gasteiger partial charge in [0.25, 0.3) is 11.6 Å². The van der Waals surface area contributed by atoms with Gasteiger partial charge in [-0.2, -0.15) is 5.26 Å². The molecule has 0 aliphatic rings. The highest BCUT2D eigenvalue weighted by Gasteiger charge is 2.10. The van der Waals surface area contributed by atoms with Gasteiger partial charge in [0.1, 0.15) is 24.0 Å². The number of benzene rings is 3. The van der Waals surface area contributed by atoms with E-state index in [9.17, 15) is 20.2 Å². The lowest BCUT2D eigenvalue weighted by molar-refractivity contribution is -0.384. The number of hydrogen-bond donors (Lipinski definition) is 1. The van der Waals surface area contributed by atoms with Crippen LogP contribution < -0.4 is 10.1 Å². The fourth-order valence-corrected chi connectivity index (χ4v) is 3.71. The first kappa shape index (κ1) is 24.7. The van der Waals surface area contributed by atoms with E-state index < -0.39 is 10.8 Å². The van der Waals surface area contributed by atoms with Crippen molar-refractivity contribution in [1.29, 1.82) is 5.26 Å². The van der Waals surface area contributed by atoms with Gasteiger partial charge >= 0.3 is 0 Å². The van der Waals surface area contributed by atoms with Crippen LogP contribution in [-0.2, 0) is 17.8 Å². The Morgan fingerprint density at radius 3 is 2.56 bits per heavy atom. The zero-order valence-electron chi connectivity index (χ0n) is 18.2. The second-order valence-electron chi connectivity index (χ2n) is 7.42. The van der Waals surface area contributed by atoms with Crippen LogP contribution in [0.2, 0.25) is 0 Å². The van der Waals surface area contributed by atoms with Crippen molar-refractivity contribution >= 4 is 33.6 Å². The van der Waals surface area contributed by atoms with Crippen molar-refractivity contribution in [3.8, 4) is 11.8 Å². The van der Waals surface area contributed by atoms with Crippen molar-refractivity contribution in [2.75, 3.05) is 6.54 Å². The van der Waals surface area contributed by atoms with Crippen molar-refractivity contribution in [3.05, 3.63) is 110 Å². The molecule has 3 aromatic rings. The summed E-state index contributed by atoms with van der Waals surface area (Å²) in [5.74, 6) is 0.116. The maximum absolute atomic E-state index is 12.4. The standard InChI is InChI=1S/C26H22BrN3O4/c27-24-16-20(11-12-25(24)34-18-21-8-4-10-23(15-21)30(32)33)14-22(17-28)26(31)29-13-5-9-19-6-2-1-3-7-19/h1-4,6-8,10-12,14-16H,5,9,13,18H2,(H,29,31)/b22-14-. The van der Waals surface area contributed by atoms with E-state index in [4.69, 9.17) is 4.74 Å². The molecule has 0 spiro atoms. The lowest BCUT2D eigenvalue weighted by Crippen LogP contribution is -2.25. The number of carbonyl (C=O) groups is 1. The van der Waals surface area contributed by atoms with Crippen LogP contribution in [0.4, 0.5) is 5.69 Å². The van der Waals surface area contributed by atoms with Crippen molar-refractivity contribution < 1.29 is 14.5 Å². The van der Waals surface area contributed by atoms with E-state index in [0.717, 1.165) is 12.8 Å². The number of aryl methyl sites for hydroxylation is 1. The van der Waals surface area contributed by atoms with E-state index in [2.05, 4.69) is 21.2 Å². The smallest absolute Gasteiger partial charge is 0.269 e. The maximum Gasteiger partial charge on any atom is 0.269 e. The van der Waals surface area contributed by atoms with Gasteiger partial charge in [-0.1, -0.05) is 48.5 Å². The van der Waals surface area contributed by atoms with Crippen LogP contribution in [0.1, 0.15) is 23.1 Å². The first-order chi connectivity index (χ1) is 16.5. The van der Waals surface area contributed by atoms with E-state index in [1.165, 1.54) is 23.8 Å². The molecule has 0 aliphatic carbocycles. The molecular weight excluding hydrogens is 498 g/mol. The Labute approximate surface area is 206 Å². The number of ether oxygens (including phenoxy) is 1. The average Bonchev–Trinajstić information content (AvgIpc) is 2.85. The molecule has 0 unspecified atom stereocenters. The summed E-state index contributed by atoms with van der Waals surface area (Å²) >= 11 is 3.43. The number of carbonyl (C=O) groups excluding carboxylic acids is 1.